The van der Waals surface area contributed by atoms with Crippen molar-refractivity contribution in [3.8, 4) is 6.07 Å². The molecule has 6 rings (SSSR count). The highest BCUT2D eigenvalue weighted by molar-refractivity contribution is 5.75. The van der Waals surface area contributed by atoms with Crippen LogP contribution in [0, 0.1) is 40.8 Å². The van der Waals surface area contributed by atoms with Gasteiger partial charge in [-0.1, -0.05) is 24.3 Å². The molecule has 4 fully saturated rings. The Bertz CT molecular complexity index is 1260. The van der Waals surface area contributed by atoms with Crippen molar-refractivity contribution in [1.82, 2.24) is 4.90 Å². The van der Waals surface area contributed by atoms with Gasteiger partial charge in [0.1, 0.15) is 18.7 Å². The molecule has 2 aromatic carbocycles. The summed E-state index contributed by atoms with van der Waals surface area (Å²) in [5.74, 6) is 0.482. The quantitative estimate of drug-likeness (QED) is 0.545. The number of piperazine rings is 1. The van der Waals surface area contributed by atoms with Crippen LogP contribution in [0.3, 0.4) is 0 Å². The molecule has 0 spiro atoms. The van der Waals surface area contributed by atoms with E-state index in [1.807, 2.05) is 11.0 Å². The molecule has 6 unspecified atom stereocenters. The summed E-state index contributed by atoms with van der Waals surface area (Å²) in [6.45, 7) is 8.05. The Balaban J connectivity index is 1.05. The van der Waals surface area contributed by atoms with E-state index in [0.717, 1.165) is 52.0 Å². The first-order valence-electron chi connectivity index (χ1n) is 13.9. The number of hydrogen-bond donors (Lipinski definition) is 0. The summed E-state index contributed by atoms with van der Waals surface area (Å²) < 4.78 is 30.7. The first-order valence-corrected chi connectivity index (χ1v) is 13.9. The van der Waals surface area contributed by atoms with Gasteiger partial charge in [0.2, 0.25) is 0 Å². The van der Waals surface area contributed by atoms with Crippen molar-refractivity contribution >= 4 is 18.3 Å². The summed E-state index contributed by atoms with van der Waals surface area (Å²) in [4.78, 5) is 17.1. The highest BCUT2D eigenvalue weighted by Gasteiger charge is 2.61. The van der Waals surface area contributed by atoms with Gasteiger partial charge in [0.05, 0.1) is 23.2 Å². The predicted octanol–water partition coefficient (Wildman–Crippen LogP) is 4.57. The number of alkyl halides is 1. The Morgan fingerprint density at radius 2 is 1.76 bits per heavy atom. The summed E-state index contributed by atoms with van der Waals surface area (Å²) in [6, 6.07) is 15.7. The van der Waals surface area contributed by atoms with E-state index in [0.29, 0.717) is 30.0 Å². The molecule has 5 nitrogen and oxygen atoms in total. The molecule has 2 aromatic rings. The normalized spacial score (nSPS) is 31.2. The van der Waals surface area contributed by atoms with Gasteiger partial charge in [0, 0.05) is 45.1 Å². The van der Waals surface area contributed by atoms with Crippen LogP contribution in [0.4, 0.5) is 14.5 Å². The lowest BCUT2D eigenvalue weighted by molar-refractivity contribution is -0.476. The van der Waals surface area contributed by atoms with Crippen molar-refractivity contribution in [3.63, 3.8) is 0 Å². The highest BCUT2D eigenvalue weighted by atomic mass is 19.1. The van der Waals surface area contributed by atoms with Crippen molar-refractivity contribution in [1.29, 1.82) is 5.26 Å². The van der Waals surface area contributed by atoms with E-state index < -0.39 is 6.17 Å². The second-order valence-electron chi connectivity index (χ2n) is 11.7. The zero-order chi connectivity index (χ0) is 26.4. The fourth-order valence-corrected chi connectivity index (χ4v) is 7.71. The smallest absolute Gasteiger partial charge is 0.367 e. The van der Waals surface area contributed by atoms with Gasteiger partial charge in [-0.25, -0.2) is 13.6 Å². The van der Waals surface area contributed by atoms with Gasteiger partial charge in [-0.15, -0.1) is 0 Å². The Kier molecular flexibility index (Phi) is 6.77. The molecule has 4 aliphatic rings. The monoisotopic (exact) mass is 517 g/mol. The third kappa shape index (κ3) is 4.64. The third-order valence-corrected chi connectivity index (χ3v) is 9.60. The minimum absolute atomic E-state index is 0.0558. The van der Waals surface area contributed by atoms with E-state index in [-0.39, 0.29) is 35.5 Å². The van der Waals surface area contributed by atoms with Gasteiger partial charge in [-0.05, 0) is 66.8 Å². The van der Waals surface area contributed by atoms with Gasteiger partial charge in [-0.3, -0.25) is 4.90 Å². The number of carbonyl (C=O) groups is 1. The molecular formula is C31H35F2N4O+. The maximum Gasteiger partial charge on any atom is 0.390 e. The molecule has 2 heterocycles. The molecule has 7 heteroatoms. The first-order chi connectivity index (χ1) is 18.4. The molecule has 198 valence electrons. The average molecular weight is 518 g/mol. The van der Waals surface area contributed by atoms with Crippen LogP contribution in [0.5, 0.6) is 0 Å². The lowest BCUT2D eigenvalue weighted by Gasteiger charge is -2.42. The first kappa shape index (κ1) is 25.2. The maximum absolute atomic E-state index is 14.6. The molecule has 38 heavy (non-hydrogen) atoms. The van der Waals surface area contributed by atoms with Crippen LogP contribution in [0.15, 0.2) is 42.5 Å². The van der Waals surface area contributed by atoms with Crippen molar-refractivity contribution in [2.24, 2.45) is 23.7 Å². The summed E-state index contributed by atoms with van der Waals surface area (Å²) >= 11 is 0. The molecule has 2 aliphatic carbocycles. The summed E-state index contributed by atoms with van der Waals surface area (Å²) in [6.07, 6.45) is 3.02. The van der Waals surface area contributed by atoms with Crippen LogP contribution in [0.1, 0.15) is 42.4 Å². The third-order valence-electron chi connectivity index (χ3n) is 9.60. The van der Waals surface area contributed by atoms with Gasteiger partial charge in [0.25, 0.3) is 0 Å². The summed E-state index contributed by atoms with van der Waals surface area (Å²) in [7, 11) is 0. The molecule has 1 amide bonds. The SMILES string of the molecule is C=[N+]1C(=O)C2CC(F)CC3C(Cc4ccc(CN5CCN(c6ccc(C#N)cc6F)CC5)cc4)CCC1C23. The van der Waals surface area contributed by atoms with Crippen molar-refractivity contribution in [3.05, 3.63) is 65.0 Å². The fraction of sp³-hybridized carbons (Fsp3) is 0.516. The van der Waals surface area contributed by atoms with E-state index >= 15 is 0 Å². The number of carbonyl (C=O) groups excluding carboxylic acids is 1. The van der Waals surface area contributed by atoms with Gasteiger partial charge in [-0.2, -0.15) is 9.84 Å². The lowest BCUT2D eigenvalue weighted by Crippen LogP contribution is -2.46. The number of benzene rings is 2. The van der Waals surface area contributed by atoms with Gasteiger partial charge >= 0.3 is 5.91 Å². The van der Waals surface area contributed by atoms with E-state index in [9.17, 15) is 13.6 Å². The van der Waals surface area contributed by atoms with Crippen molar-refractivity contribution < 1.29 is 18.2 Å². The average Bonchev–Trinajstić information content (AvgIpc) is 3.17. The van der Waals surface area contributed by atoms with E-state index in [1.54, 1.807) is 16.7 Å². The largest absolute Gasteiger partial charge is 0.390 e. The Hall–Kier alpha value is -3.11. The Morgan fingerprint density at radius 3 is 2.47 bits per heavy atom. The maximum atomic E-state index is 14.6. The van der Waals surface area contributed by atoms with Crippen molar-refractivity contribution in [2.75, 3.05) is 31.1 Å². The highest BCUT2D eigenvalue weighted by Crippen LogP contribution is 2.52. The molecule has 0 aromatic heterocycles. The topological polar surface area (TPSA) is 50.4 Å². The second-order valence-corrected chi connectivity index (χ2v) is 11.7. The van der Waals surface area contributed by atoms with E-state index in [2.05, 4.69) is 35.9 Å². The van der Waals surface area contributed by atoms with Crippen molar-refractivity contribution in [2.45, 2.75) is 50.9 Å². The second kappa shape index (κ2) is 10.2. The Morgan fingerprint density at radius 1 is 1.03 bits per heavy atom. The van der Waals surface area contributed by atoms with Crippen LogP contribution >= 0.6 is 0 Å². The number of rotatable bonds is 5. The Labute approximate surface area is 223 Å². The van der Waals surface area contributed by atoms with Gasteiger partial charge < -0.3 is 4.90 Å². The predicted molar refractivity (Wildman–Crippen MR) is 142 cm³/mol. The zero-order valence-corrected chi connectivity index (χ0v) is 21.7. The van der Waals surface area contributed by atoms with Crippen LogP contribution in [-0.2, 0) is 17.8 Å². The van der Waals surface area contributed by atoms with Crippen LogP contribution in [0.25, 0.3) is 0 Å². The fourth-order valence-electron chi connectivity index (χ4n) is 7.71. The molecule has 0 radical (unpaired) electrons. The molecule has 6 atom stereocenters. The van der Waals surface area contributed by atoms with E-state index in [1.165, 1.54) is 17.2 Å². The summed E-state index contributed by atoms with van der Waals surface area (Å²) in [5, 5.41) is 8.97. The number of nitriles is 1. The number of nitrogens with zero attached hydrogens (tertiary/aromatic N) is 4. The van der Waals surface area contributed by atoms with Crippen LogP contribution in [0.2, 0.25) is 0 Å². The molecule has 0 N–H and O–H groups in total. The van der Waals surface area contributed by atoms with Crippen LogP contribution in [-0.4, -0.2) is 60.5 Å². The lowest BCUT2D eigenvalue weighted by atomic mass is 9.60. The number of amides is 1. The number of halogens is 2. The minimum Gasteiger partial charge on any atom is -0.367 e. The minimum atomic E-state index is -0.880. The summed E-state index contributed by atoms with van der Waals surface area (Å²) in [5.41, 5.74) is 3.45. The molecular weight excluding hydrogens is 482 g/mol. The molecule has 0 bridgehead atoms. The van der Waals surface area contributed by atoms with E-state index in [4.69, 9.17) is 5.26 Å². The standard InChI is InChI=1S/C31H35F2N4O/c1-35-29-9-7-23(25-16-24(32)17-26(30(25)29)31(35)38)14-20-2-4-21(5-3-20)19-36-10-12-37(13-11-36)28-8-6-22(18-34)15-27(28)33/h2-6,8,15,23-26,29-30H,1,7,9-14,16-17,19H2/q+1. The molecule has 2 saturated heterocycles. The molecule has 2 aliphatic heterocycles. The molecule has 2 saturated carbocycles. The van der Waals surface area contributed by atoms with Gasteiger partial charge in [0.15, 0.2) is 6.04 Å². The van der Waals surface area contributed by atoms with Crippen LogP contribution < -0.4 is 4.90 Å². The number of hydrogen-bond acceptors (Lipinski definition) is 4. The number of anilines is 1. The zero-order valence-electron chi connectivity index (χ0n) is 21.7.